The van der Waals surface area contributed by atoms with Crippen LogP contribution in [0, 0.1) is 0 Å². The lowest BCUT2D eigenvalue weighted by Crippen LogP contribution is -2.22. The zero-order valence-electron chi connectivity index (χ0n) is 11.6. The number of aromatic nitrogens is 1. The first-order chi connectivity index (χ1) is 10.7. The van der Waals surface area contributed by atoms with Crippen molar-refractivity contribution in [2.75, 3.05) is 0 Å². The van der Waals surface area contributed by atoms with E-state index in [9.17, 15) is 4.79 Å². The van der Waals surface area contributed by atoms with E-state index in [1.165, 1.54) is 11.3 Å². The summed E-state index contributed by atoms with van der Waals surface area (Å²) in [5.41, 5.74) is 2.56. The Morgan fingerprint density at radius 3 is 2.55 bits per heavy atom. The molecule has 0 aliphatic heterocycles. The smallest absolute Gasteiger partial charge is 0.251 e. The van der Waals surface area contributed by atoms with Crippen LogP contribution in [0.3, 0.4) is 0 Å². The summed E-state index contributed by atoms with van der Waals surface area (Å²) >= 11 is 7.41. The van der Waals surface area contributed by atoms with E-state index in [2.05, 4.69) is 10.3 Å². The van der Waals surface area contributed by atoms with Crippen LogP contribution in [0.25, 0.3) is 11.3 Å². The number of halogens is 1. The van der Waals surface area contributed by atoms with Gasteiger partial charge in [-0.25, -0.2) is 4.98 Å². The SMILES string of the molecule is O=C(NCc1nc(-c2ccc(Cl)cc2)cs1)c1ccccc1. The molecular formula is C17H13ClN2OS. The highest BCUT2D eigenvalue weighted by atomic mass is 35.5. The van der Waals surface area contributed by atoms with Crippen molar-refractivity contribution in [3.63, 3.8) is 0 Å². The molecule has 1 N–H and O–H groups in total. The molecule has 0 spiro atoms. The predicted molar refractivity (Wildman–Crippen MR) is 90.2 cm³/mol. The molecule has 0 radical (unpaired) electrons. The third kappa shape index (κ3) is 3.53. The Labute approximate surface area is 137 Å². The van der Waals surface area contributed by atoms with Gasteiger partial charge in [-0.05, 0) is 24.3 Å². The summed E-state index contributed by atoms with van der Waals surface area (Å²) in [6, 6.07) is 16.7. The molecule has 22 heavy (non-hydrogen) atoms. The Balaban J connectivity index is 1.65. The van der Waals surface area contributed by atoms with Gasteiger partial charge < -0.3 is 5.32 Å². The van der Waals surface area contributed by atoms with E-state index in [-0.39, 0.29) is 5.91 Å². The number of amides is 1. The maximum Gasteiger partial charge on any atom is 0.251 e. The van der Waals surface area contributed by atoms with E-state index in [1.807, 2.05) is 47.8 Å². The largest absolute Gasteiger partial charge is 0.346 e. The molecule has 0 saturated carbocycles. The number of hydrogen-bond acceptors (Lipinski definition) is 3. The molecule has 0 saturated heterocycles. The molecule has 0 unspecified atom stereocenters. The summed E-state index contributed by atoms with van der Waals surface area (Å²) in [4.78, 5) is 16.5. The van der Waals surface area contributed by atoms with Gasteiger partial charge in [0.1, 0.15) is 5.01 Å². The molecule has 0 bridgehead atoms. The van der Waals surface area contributed by atoms with Gasteiger partial charge in [-0.1, -0.05) is 41.9 Å². The molecule has 3 nitrogen and oxygen atoms in total. The maximum atomic E-state index is 12.0. The molecule has 3 aromatic rings. The lowest BCUT2D eigenvalue weighted by molar-refractivity contribution is 0.0951. The molecule has 0 atom stereocenters. The monoisotopic (exact) mass is 328 g/mol. The molecule has 1 heterocycles. The van der Waals surface area contributed by atoms with Crippen LogP contribution in [0.5, 0.6) is 0 Å². The molecule has 1 aromatic heterocycles. The van der Waals surface area contributed by atoms with Gasteiger partial charge >= 0.3 is 0 Å². The summed E-state index contributed by atoms with van der Waals surface area (Å²) in [7, 11) is 0. The Morgan fingerprint density at radius 2 is 1.82 bits per heavy atom. The highest BCUT2D eigenvalue weighted by molar-refractivity contribution is 7.09. The number of hydrogen-bond donors (Lipinski definition) is 1. The molecular weight excluding hydrogens is 316 g/mol. The fourth-order valence-corrected chi connectivity index (χ4v) is 2.86. The van der Waals surface area contributed by atoms with Gasteiger partial charge in [0, 0.05) is 21.5 Å². The van der Waals surface area contributed by atoms with E-state index < -0.39 is 0 Å². The Kier molecular flexibility index (Phi) is 4.51. The van der Waals surface area contributed by atoms with Crippen molar-refractivity contribution in [3.8, 4) is 11.3 Å². The minimum absolute atomic E-state index is 0.0937. The van der Waals surface area contributed by atoms with E-state index in [4.69, 9.17) is 11.6 Å². The number of nitrogens with zero attached hydrogens (tertiary/aromatic N) is 1. The third-order valence-corrected chi connectivity index (χ3v) is 4.23. The van der Waals surface area contributed by atoms with E-state index in [1.54, 1.807) is 12.1 Å². The van der Waals surface area contributed by atoms with Gasteiger partial charge in [0.2, 0.25) is 0 Å². The van der Waals surface area contributed by atoms with Gasteiger partial charge in [-0.3, -0.25) is 4.79 Å². The summed E-state index contributed by atoms with van der Waals surface area (Å²) in [5.74, 6) is -0.0937. The van der Waals surface area contributed by atoms with Crippen molar-refractivity contribution in [1.29, 1.82) is 0 Å². The van der Waals surface area contributed by atoms with Crippen LogP contribution in [0.1, 0.15) is 15.4 Å². The Morgan fingerprint density at radius 1 is 1.09 bits per heavy atom. The van der Waals surface area contributed by atoms with Crippen molar-refractivity contribution < 1.29 is 4.79 Å². The van der Waals surface area contributed by atoms with E-state index in [0.717, 1.165) is 16.3 Å². The zero-order valence-corrected chi connectivity index (χ0v) is 13.2. The van der Waals surface area contributed by atoms with Crippen LogP contribution in [0.2, 0.25) is 5.02 Å². The van der Waals surface area contributed by atoms with Crippen molar-refractivity contribution in [2.45, 2.75) is 6.54 Å². The van der Waals surface area contributed by atoms with E-state index >= 15 is 0 Å². The average Bonchev–Trinajstić information content (AvgIpc) is 3.03. The van der Waals surface area contributed by atoms with Gasteiger partial charge in [-0.15, -0.1) is 11.3 Å². The summed E-state index contributed by atoms with van der Waals surface area (Å²) in [6.45, 7) is 0.423. The van der Waals surface area contributed by atoms with Gasteiger partial charge in [0.25, 0.3) is 5.91 Å². The fourth-order valence-electron chi connectivity index (χ4n) is 1.99. The van der Waals surface area contributed by atoms with Crippen LogP contribution < -0.4 is 5.32 Å². The first-order valence-corrected chi connectivity index (χ1v) is 8.02. The van der Waals surface area contributed by atoms with Crippen LogP contribution >= 0.6 is 22.9 Å². The number of benzene rings is 2. The molecule has 1 amide bonds. The lowest BCUT2D eigenvalue weighted by Gasteiger charge is -2.02. The number of rotatable bonds is 4. The summed E-state index contributed by atoms with van der Waals surface area (Å²) < 4.78 is 0. The fraction of sp³-hybridized carbons (Fsp3) is 0.0588. The van der Waals surface area contributed by atoms with Crippen LogP contribution in [-0.4, -0.2) is 10.9 Å². The second-order valence-electron chi connectivity index (χ2n) is 4.68. The van der Waals surface area contributed by atoms with Gasteiger partial charge in [0.15, 0.2) is 0 Å². The first-order valence-electron chi connectivity index (χ1n) is 6.76. The summed E-state index contributed by atoms with van der Waals surface area (Å²) in [6.07, 6.45) is 0. The maximum absolute atomic E-state index is 12.0. The highest BCUT2D eigenvalue weighted by Gasteiger charge is 2.07. The topological polar surface area (TPSA) is 42.0 Å². The number of carbonyl (C=O) groups excluding carboxylic acids is 1. The molecule has 0 aliphatic rings. The van der Waals surface area contributed by atoms with Crippen molar-refractivity contribution in [2.24, 2.45) is 0 Å². The van der Waals surface area contributed by atoms with Crippen molar-refractivity contribution in [1.82, 2.24) is 10.3 Å². The lowest BCUT2D eigenvalue weighted by atomic mass is 10.2. The second kappa shape index (κ2) is 6.73. The van der Waals surface area contributed by atoms with Gasteiger partial charge in [-0.2, -0.15) is 0 Å². The van der Waals surface area contributed by atoms with Crippen LogP contribution in [0.15, 0.2) is 60.0 Å². The van der Waals surface area contributed by atoms with Gasteiger partial charge in [0.05, 0.1) is 12.2 Å². The molecule has 3 rings (SSSR count). The van der Waals surface area contributed by atoms with Crippen molar-refractivity contribution >= 4 is 28.8 Å². The van der Waals surface area contributed by atoms with Crippen molar-refractivity contribution in [3.05, 3.63) is 75.6 Å². The first kappa shape index (κ1) is 14.8. The van der Waals surface area contributed by atoms with Crippen LogP contribution in [-0.2, 0) is 6.54 Å². The molecule has 5 heteroatoms. The number of thiazole rings is 1. The molecule has 2 aromatic carbocycles. The average molecular weight is 329 g/mol. The second-order valence-corrected chi connectivity index (χ2v) is 6.06. The zero-order chi connectivity index (χ0) is 15.4. The summed E-state index contributed by atoms with van der Waals surface area (Å²) in [5, 5.41) is 6.43. The quantitative estimate of drug-likeness (QED) is 0.771. The third-order valence-electron chi connectivity index (χ3n) is 3.13. The highest BCUT2D eigenvalue weighted by Crippen LogP contribution is 2.23. The molecule has 0 fully saturated rings. The van der Waals surface area contributed by atoms with Crippen LogP contribution in [0.4, 0.5) is 0 Å². The number of nitrogens with one attached hydrogen (secondary N) is 1. The minimum Gasteiger partial charge on any atom is -0.346 e. The Hall–Kier alpha value is -2.17. The normalized spacial score (nSPS) is 10.4. The molecule has 0 aliphatic carbocycles. The standard InChI is InChI=1S/C17H13ClN2OS/c18-14-8-6-12(7-9-14)15-11-22-16(20-15)10-19-17(21)13-4-2-1-3-5-13/h1-9,11H,10H2,(H,19,21). The van der Waals surface area contributed by atoms with E-state index in [0.29, 0.717) is 17.1 Å². The predicted octanol–water partition coefficient (Wildman–Crippen LogP) is 4.39. The minimum atomic E-state index is -0.0937. The number of carbonyl (C=O) groups is 1. The Bertz CT molecular complexity index is 769. The molecule has 110 valence electrons.